The molecule has 128 valence electrons. The molecule has 24 heavy (non-hydrogen) atoms. The zero-order valence-electron chi connectivity index (χ0n) is 14.7. The van der Waals surface area contributed by atoms with Crippen LogP contribution in [0, 0.1) is 0 Å². The third-order valence-corrected chi connectivity index (χ3v) is 4.59. The number of hydrogen-bond donors (Lipinski definition) is 1. The van der Waals surface area contributed by atoms with Gasteiger partial charge in [0.25, 0.3) is 0 Å². The van der Waals surface area contributed by atoms with E-state index in [0.717, 1.165) is 23.4 Å². The van der Waals surface area contributed by atoms with Crippen molar-refractivity contribution < 1.29 is 4.79 Å². The highest BCUT2D eigenvalue weighted by Crippen LogP contribution is 2.28. The third kappa shape index (κ3) is 5.68. The Bertz CT molecular complexity index is 649. The molecular weight excluding hydrogens is 318 g/mol. The molecule has 0 aromatic heterocycles. The Morgan fingerprint density at radius 1 is 1.08 bits per heavy atom. The van der Waals surface area contributed by atoms with Crippen molar-refractivity contribution in [3.63, 3.8) is 0 Å². The van der Waals surface area contributed by atoms with Crippen LogP contribution in [0.1, 0.15) is 44.7 Å². The lowest BCUT2D eigenvalue weighted by atomic mass is 9.79. The number of rotatable bonds is 7. The van der Waals surface area contributed by atoms with Crippen molar-refractivity contribution in [3.8, 4) is 0 Å². The van der Waals surface area contributed by atoms with Crippen LogP contribution < -0.4 is 5.32 Å². The second kappa shape index (κ2) is 8.34. The van der Waals surface area contributed by atoms with E-state index in [-0.39, 0.29) is 17.4 Å². The van der Waals surface area contributed by atoms with E-state index in [0.29, 0.717) is 6.42 Å². The quantitative estimate of drug-likeness (QED) is 0.740. The van der Waals surface area contributed by atoms with E-state index in [1.165, 1.54) is 5.56 Å². The molecule has 0 aliphatic heterocycles. The van der Waals surface area contributed by atoms with Gasteiger partial charge in [-0.15, -0.1) is 0 Å². The van der Waals surface area contributed by atoms with Crippen molar-refractivity contribution in [2.45, 2.75) is 51.5 Å². The molecule has 0 heterocycles. The van der Waals surface area contributed by atoms with Crippen molar-refractivity contribution in [2.24, 2.45) is 0 Å². The summed E-state index contributed by atoms with van der Waals surface area (Å²) in [6, 6.07) is 18.2. The first-order valence-electron chi connectivity index (χ1n) is 8.46. The number of aryl methyl sites for hydroxylation is 1. The lowest BCUT2D eigenvalue weighted by Crippen LogP contribution is -2.37. The maximum absolute atomic E-state index is 12.2. The SMILES string of the molecule is C[C@H](CC(C)(C)c1ccccc1)NC(=O)CCc1ccc(Cl)cc1. The topological polar surface area (TPSA) is 29.1 Å². The number of carbonyl (C=O) groups is 1. The lowest BCUT2D eigenvalue weighted by molar-refractivity contribution is -0.121. The van der Waals surface area contributed by atoms with Crippen LogP contribution in [0.15, 0.2) is 54.6 Å². The Morgan fingerprint density at radius 2 is 1.71 bits per heavy atom. The highest BCUT2D eigenvalue weighted by molar-refractivity contribution is 6.30. The van der Waals surface area contributed by atoms with Crippen molar-refractivity contribution in [1.29, 1.82) is 0 Å². The van der Waals surface area contributed by atoms with Gasteiger partial charge in [-0.05, 0) is 48.4 Å². The molecule has 3 heteroatoms. The fraction of sp³-hybridized carbons (Fsp3) is 0.381. The molecule has 1 N–H and O–H groups in total. The summed E-state index contributed by atoms with van der Waals surface area (Å²) in [7, 11) is 0. The van der Waals surface area contributed by atoms with Crippen LogP contribution >= 0.6 is 11.6 Å². The molecule has 2 nitrogen and oxygen atoms in total. The molecule has 0 saturated carbocycles. The van der Waals surface area contributed by atoms with Gasteiger partial charge in [-0.3, -0.25) is 4.79 Å². The monoisotopic (exact) mass is 343 g/mol. The maximum Gasteiger partial charge on any atom is 0.220 e. The van der Waals surface area contributed by atoms with E-state index >= 15 is 0 Å². The van der Waals surface area contributed by atoms with Gasteiger partial charge in [0.1, 0.15) is 0 Å². The minimum absolute atomic E-state index is 0.0319. The van der Waals surface area contributed by atoms with Crippen LogP contribution in [0.2, 0.25) is 5.02 Å². The number of hydrogen-bond acceptors (Lipinski definition) is 1. The van der Waals surface area contributed by atoms with Crippen molar-refractivity contribution in [3.05, 3.63) is 70.7 Å². The van der Waals surface area contributed by atoms with Gasteiger partial charge in [-0.2, -0.15) is 0 Å². The second-order valence-corrected chi connectivity index (χ2v) is 7.49. The zero-order chi connectivity index (χ0) is 17.6. The van der Waals surface area contributed by atoms with Crippen LogP contribution in [-0.4, -0.2) is 11.9 Å². The summed E-state index contributed by atoms with van der Waals surface area (Å²) in [6.07, 6.45) is 2.14. The van der Waals surface area contributed by atoms with E-state index in [4.69, 9.17) is 11.6 Å². The number of benzene rings is 2. The highest BCUT2D eigenvalue weighted by atomic mass is 35.5. The minimum atomic E-state index is 0.0319. The van der Waals surface area contributed by atoms with Crippen LogP contribution in [-0.2, 0) is 16.6 Å². The average molecular weight is 344 g/mol. The molecular formula is C21H26ClNO. The average Bonchev–Trinajstić information content (AvgIpc) is 2.54. The van der Waals surface area contributed by atoms with Crippen molar-refractivity contribution in [1.82, 2.24) is 5.32 Å². The Morgan fingerprint density at radius 3 is 2.33 bits per heavy atom. The van der Waals surface area contributed by atoms with Gasteiger partial charge in [0.2, 0.25) is 5.91 Å². The van der Waals surface area contributed by atoms with E-state index < -0.39 is 0 Å². The Hall–Kier alpha value is -1.80. The largest absolute Gasteiger partial charge is 0.354 e. The molecule has 2 aromatic rings. The minimum Gasteiger partial charge on any atom is -0.354 e. The highest BCUT2D eigenvalue weighted by Gasteiger charge is 2.23. The van der Waals surface area contributed by atoms with Gasteiger partial charge in [0, 0.05) is 17.5 Å². The number of carbonyl (C=O) groups excluding carboxylic acids is 1. The molecule has 0 aliphatic rings. The second-order valence-electron chi connectivity index (χ2n) is 7.05. The molecule has 0 fully saturated rings. The lowest BCUT2D eigenvalue weighted by Gasteiger charge is -2.29. The molecule has 2 aromatic carbocycles. The summed E-state index contributed by atoms with van der Waals surface area (Å²) in [5, 5.41) is 3.84. The van der Waals surface area contributed by atoms with E-state index in [1.807, 2.05) is 30.3 Å². The molecule has 1 amide bonds. The predicted octanol–water partition coefficient (Wildman–Crippen LogP) is 5.15. The van der Waals surface area contributed by atoms with Crippen molar-refractivity contribution >= 4 is 17.5 Å². The van der Waals surface area contributed by atoms with Crippen LogP contribution in [0.4, 0.5) is 0 Å². The molecule has 0 radical (unpaired) electrons. The Labute approximate surface area is 150 Å². The van der Waals surface area contributed by atoms with Gasteiger partial charge >= 0.3 is 0 Å². The fourth-order valence-corrected chi connectivity index (χ4v) is 3.21. The number of amides is 1. The number of nitrogens with one attached hydrogen (secondary N) is 1. The van der Waals surface area contributed by atoms with Crippen LogP contribution in [0.25, 0.3) is 0 Å². The Balaban J connectivity index is 1.82. The summed E-state index contributed by atoms with van der Waals surface area (Å²) in [4.78, 5) is 12.2. The first kappa shape index (κ1) is 18.5. The molecule has 0 spiro atoms. The first-order chi connectivity index (χ1) is 11.4. The molecule has 1 atom stereocenters. The Kier molecular flexibility index (Phi) is 6.44. The molecule has 0 saturated heterocycles. The summed E-state index contributed by atoms with van der Waals surface area (Å²) in [5.41, 5.74) is 2.46. The molecule has 0 aliphatic carbocycles. The van der Waals surface area contributed by atoms with Crippen molar-refractivity contribution in [2.75, 3.05) is 0 Å². The number of halogens is 1. The molecule has 0 unspecified atom stereocenters. The first-order valence-corrected chi connectivity index (χ1v) is 8.84. The summed E-state index contributed by atoms with van der Waals surface area (Å²) in [6.45, 7) is 6.52. The van der Waals surface area contributed by atoms with Gasteiger partial charge in [0.05, 0.1) is 0 Å². The summed E-state index contributed by atoms with van der Waals surface area (Å²) in [5.74, 6) is 0.0984. The van der Waals surface area contributed by atoms with Gasteiger partial charge in [-0.25, -0.2) is 0 Å². The van der Waals surface area contributed by atoms with Gasteiger partial charge < -0.3 is 5.32 Å². The predicted molar refractivity (Wildman–Crippen MR) is 101 cm³/mol. The standard InChI is InChI=1S/C21H26ClNO/c1-16(15-21(2,3)18-7-5-4-6-8-18)23-20(24)14-11-17-9-12-19(22)13-10-17/h4-10,12-13,16H,11,14-15H2,1-3H3,(H,23,24)/t16-/m1/s1. The van der Waals surface area contributed by atoms with E-state index in [1.54, 1.807) is 0 Å². The fourth-order valence-electron chi connectivity index (χ4n) is 3.08. The summed E-state index contributed by atoms with van der Waals surface area (Å²) >= 11 is 5.88. The molecule has 0 bridgehead atoms. The maximum atomic E-state index is 12.2. The molecule has 2 rings (SSSR count). The normalized spacial score (nSPS) is 12.7. The van der Waals surface area contributed by atoms with E-state index in [2.05, 4.69) is 50.4 Å². The summed E-state index contributed by atoms with van der Waals surface area (Å²) < 4.78 is 0. The van der Waals surface area contributed by atoms with Crippen LogP contribution in [0.5, 0.6) is 0 Å². The van der Waals surface area contributed by atoms with E-state index in [9.17, 15) is 4.79 Å². The third-order valence-electron chi connectivity index (χ3n) is 4.33. The zero-order valence-corrected chi connectivity index (χ0v) is 15.4. The smallest absolute Gasteiger partial charge is 0.220 e. The van der Waals surface area contributed by atoms with Gasteiger partial charge in [-0.1, -0.05) is 67.9 Å². The van der Waals surface area contributed by atoms with Crippen LogP contribution in [0.3, 0.4) is 0 Å². The van der Waals surface area contributed by atoms with Gasteiger partial charge in [0.15, 0.2) is 0 Å².